The monoisotopic (exact) mass is 357 g/mol. The predicted molar refractivity (Wildman–Crippen MR) is 93.6 cm³/mol. The molecule has 2 atom stereocenters. The summed E-state index contributed by atoms with van der Waals surface area (Å²) in [5.41, 5.74) is 0.691. The third-order valence-corrected chi connectivity index (χ3v) is 6.41. The fraction of sp³-hybridized carbons (Fsp3) is 0.765. The van der Waals surface area contributed by atoms with E-state index in [1.54, 1.807) is 4.88 Å². The zero-order chi connectivity index (χ0) is 15.0. The Hall–Kier alpha value is 0.140. The van der Waals surface area contributed by atoms with Crippen molar-refractivity contribution in [1.29, 1.82) is 0 Å². The Kier molecular flexibility index (Phi) is 5.03. The number of hydrogen-bond donors (Lipinski definition) is 1. The highest BCUT2D eigenvalue weighted by Crippen LogP contribution is 2.49. The Bertz CT molecular complexity index is 444. The molecule has 0 aliphatic heterocycles. The lowest BCUT2D eigenvalue weighted by Gasteiger charge is -2.41. The van der Waals surface area contributed by atoms with Crippen LogP contribution in [0.2, 0.25) is 0 Å². The fourth-order valence-electron chi connectivity index (χ4n) is 3.20. The summed E-state index contributed by atoms with van der Waals surface area (Å²) in [6, 6.07) is 2.20. The van der Waals surface area contributed by atoms with Gasteiger partial charge in [-0.1, -0.05) is 13.8 Å². The third-order valence-electron chi connectivity index (χ3n) is 4.41. The minimum Gasteiger partial charge on any atom is -0.312 e. The Morgan fingerprint density at radius 2 is 2.10 bits per heavy atom. The fourth-order valence-corrected chi connectivity index (χ4v) is 5.06. The standard InChI is InChI=1S/C17H28BrNS/c1-16(2,3)19-11-12-6-8-17(4,5)10-13(12)15-14(18)7-9-20-15/h7,9,12-13,19H,6,8,10-11H2,1-5H3. The van der Waals surface area contributed by atoms with Crippen molar-refractivity contribution in [2.24, 2.45) is 11.3 Å². The van der Waals surface area contributed by atoms with Gasteiger partial charge in [0.2, 0.25) is 0 Å². The molecule has 1 N–H and O–H groups in total. The molecule has 20 heavy (non-hydrogen) atoms. The molecule has 2 rings (SSSR count). The minimum atomic E-state index is 0.212. The smallest absolute Gasteiger partial charge is 0.0317 e. The van der Waals surface area contributed by atoms with Crippen molar-refractivity contribution in [2.45, 2.75) is 65.3 Å². The largest absolute Gasteiger partial charge is 0.312 e. The van der Waals surface area contributed by atoms with Crippen LogP contribution in [0.5, 0.6) is 0 Å². The maximum absolute atomic E-state index is 3.75. The third kappa shape index (κ3) is 4.32. The van der Waals surface area contributed by atoms with E-state index in [2.05, 4.69) is 67.3 Å². The quantitative estimate of drug-likeness (QED) is 0.719. The number of halogens is 1. The molecule has 1 aliphatic carbocycles. The van der Waals surface area contributed by atoms with Gasteiger partial charge in [-0.2, -0.15) is 0 Å². The van der Waals surface area contributed by atoms with Crippen LogP contribution in [0.4, 0.5) is 0 Å². The Balaban J connectivity index is 2.15. The first-order valence-electron chi connectivity index (χ1n) is 7.66. The summed E-state index contributed by atoms with van der Waals surface area (Å²) in [6.07, 6.45) is 4.00. The molecule has 2 unspecified atom stereocenters. The van der Waals surface area contributed by atoms with E-state index in [1.165, 1.54) is 23.7 Å². The highest BCUT2D eigenvalue weighted by Gasteiger charge is 2.37. The molecule has 1 nitrogen and oxygen atoms in total. The van der Waals surface area contributed by atoms with Crippen molar-refractivity contribution in [3.63, 3.8) is 0 Å². The van der Waals surface area contributed by atoms with E-state index in [-0.39, 0.29) is 5.54 Å². The van der Waals surface area contributed by atoms with E-state index in [9.17, 15) is 0 Å². The SMILES string of the molecule is CC1(C)CCC(CNC(C)(C)C)C(c2sccc2Br)C1. The molecule has 0 bridgehead atoms. The van der Waals surface area contributed by atoms with Gasteiger partial charge in [0.05, 0.1) is 0 Å². The van der Waals surface area contributed by atoms with E-state index in [4.69, 9.17) is 0 Å². The maximum atomic E-state index is 3.75. The maximum Gasteiger partial charge on any atom is 0.0317 e. The lowest BCUT2D eigenvalue weighted by molar-refractivity contribution is 0.155. The molecular weight excluding hydrogens is 330 g/mol. The molecule has 1 aromatic rings. The van der Waals surface area contributed by atoms with E-state index in [0.717, 1.165) is 12.5 Å². The summed E-state index contributed by atoms with van der Waals surface area (Å²) in [5.74, 6) is 1.46. The molecule has 0 spiro atoms. The van der Waals surface area contributed by atoms with Crippen LogP contribution in [0, 0.1) is 11.3 Å². The van der Waals surface area contributed by atoms with Gasteiger partial charge in [0.15, 0.2) is 0 Å². The van der Waals surface area contributed by atoms with Gasteiger partial charge in [0.25, 0.3) is 0 Å². The summed E-state index contributed by atoms with van der Waals surface area (Å²) in [6.45, 7) is 12.8. The van der Waals surface area contributed by atoms with E-state index >= 15 is 0 Å². The van der Waals surface area contributed by atoms with Gasteiger partial charge in [-0.15, -0.1) is 11.3 Å². The van der Waals surface area contributed by atoms with Crippen LogP contribution in [0.3, 0.4) is 0 Å². The van der Waals surface area contributed by atoms with Crippen LogP contribution < -0.4 is 5.32 Å². The average Bonchev–Trinajstić information content (AvgIpc) is 2.71. The van der Waals surface area contributed by atoms with Crippen molar-refractivity contribution < 1.29 is 0 Å². The number of thiophene rings is 1. The Morgan fingerprint density at radius 3 is 2.65 bits per heavy atom. The molecule has 1 fully saturated rings. The molecule has 0 amide bonds. The van der Waals surface area contributed by atoms with Gasteiger partial charge in [0, 0.05) is 14.9 Å². The first-order chi connectivity index (χ1) is 9.18. The number of rotatable bonds is 3. The molecular formula is C17H28BrNS. The number of nitrogens with one attached hydrogen (secondary N) is 1. The topological polar surface area (TPSA) is 12.0 Å². The molecule has 0 saturated heterocycles. The molecule has 0 radical (unpaired) electrons. The summed E-state index contributed by atoms with van der Waals surface area (Å²) in [7, 11) is 0. The van der Waals surface area contributed by atoms with Gasteiger partial charge in [0.1, 0.15) is 0 Å². The van der Waals surface area contributed by atoms with Crippen molar-refractivity contribution in [1.82, 2.24) is 5.32 Å². The van der Waals surface area contributed by atoms with E-state index in [0.29, 0.717) is 11.3 Å². The van der Waals surface area contributed by atoms with Gasteiger partial charge in [-0.05, 0) is 91.2 Å². The van der Waals surface area contributed by atoms with Crippen LogP contribution in [0.25, 0.3) is 0 Å². The number of hydrogen-bond acceptors (Lipinski definition) is 2. The molecule has 1 aliphatic rings. The lowest BCUT2D eigenvalue weighted by Crippen LogP contribution is -2.42. The van der Waals surface area contributed by atoms with E-state index in [1.807, 2.05) is 11.3 Å². The van der Waals surface area contributed by atoms with Crippen LogP contribution in [0.15, 0.2) is 15.9 Å². The van der Waals surface area contributed by atoms with Gasteiger partial charge < -0.3 is 5.32 Å². The van der Waals surface area contributed by atoms with Crippen LogP contribution in [-0.4, -0.2) is 12.1 Å². The molecule has 1 aromatic heterocycles. The van der Waals surface area contributed by atoms with Crippen molar-refractivity contribution in [3.8, 4) is 0 Å². The normalized spacial score (nSPS) is 26.7. The second-order valence-corrected chi connectivity index (χ2v) is 9.84. The first-order valence-corrected chi connectivity index (χ1v) is 9.33. The first kappa shape index (κ1) is 16.5. The Morgan fingerprint density at radius 1 is 1.40 bits per heavy atom. The van der Waals surface area contributed by atoms with Gasteiger partial charge in [-0.25, -0.2) is 0 Å². The highest BCUT2D eigenvalue weighted by molar-refractivity contribution is 9.10. The molecule has 1 saturated carbocycles. The summed E-state index contributed by atoms with van der Waals surface area (Å²) in [4.78, 5) is 1.55. The lowest BCUT2D eigenvalue weighted by atomic mass is 9.66. The van der Waals surface area contributed by atoms with Crippen molar-refractivity contribution in [3.05, 3.63) is 20.8 Å². The summed E-state index contributed by atoms with van der Waals surface area (Å²) < 4.78 is 1.31. The van der Waals surface area contributed by atoms with Crippen LogP contribution in [-0.2, 0) is 0 Å². The van der Waals surface area contributed by atoms with Gasteiger partial charge >= 0.3 is 0 Å². The van der Waals surface area contributed by atoms with Crippen LogP contribution in [0.1, 0.15) is 64.7 Å². The molecule has 114 valence electrons. The average molecular weight is 358 g/mol. The predicted octanol–water partition coefficient (Wildman–Crippen LogP) is 5.81. The highest BCUT2D eigenvalue weighted by atomic mass is 79.9. The molecule has 3 heteroatoms. The summed E-state index contributed by atoms with van der Waals surface area (Å²) in [5, 5.41) is 5.94. The summed E-state index contributed by atoms with van der Waals surface area (Å²) >= 11 is 5.67. The Labute approximate surface area is 136 Å². The van der Waals surface area contributed by atoms with Crippen LogP contribution >= 0.6 is 27.3 Å². The van der Waals surface area contributed by atoms with E-state index < -0.39 is 0 Å². The zero-order valence-corrected chi connectivity index (χ0v) is 15.8. The minimum absolute atomic E-state index is 0.212. The second kappa shape index (κ2) is 6.10. The second-order valence-electron chi connectivity index (χ2n) is 8.04. The molecule has 0 aromatic carbocycles. The van der Waals surface area contributed by atoms with Gasteiger partial charge in [-0.3, -0.25) is 0 Å². The van der Waals surface area contributed by atoms with Crippen molar-refractivity contribution in [2.75, 3.05) is 6.54 Å². The molecule has 1 heterocycles. The zero-order valence-electron chi connectivity index (χ0n) is 13.4. The van der Waals surface area contributed by atoms with Crippen molar-refractivity contribution >= 4 is 27.3 Å².